The highest BCUT2D eigenvalue weighted by atomic mass is 16.7. The summed E-state index contributed by atoms with van der Waals surface area (Å²) in [6.45, 7) is 10.9. The second-order valence-corrected chi connectivity index (χ2v) is 12.1. The van der Waals surface area contributed by atoms with Crippen molar-refractivity contribution in [3.05, 3.63) is 94.3 Å². The summed E-state index contributed by atoms with van der Waals surface area (Å²) in [5.74, 6) is -3.26. The quantitative estimate of drug-likeness (QED) is 0.0792. The number of nitrogens with zero attached hydrogens (tertiary/aromatic N) is 1. The number of nitrogens with one attached hydrogen (secondary N) is 2. The van der Waals surface area contributed by atoms with Crippen molar-refractivity contribution in [3.8, 4) is 11.1 Å². The number of ketones is 1. The average molecular weight is 654 g/mol. The molecule has 4 rings (SSSR count). The number of amides is 1. The van der Waals surface area contributed by atoms with Crippen molar-refractivity contribution in [2.24, 2.45) is 11.8 Å². The molecule has 2 aromatic carbocycles. The van der Waals surface area contributed by atoms with Gasteiger partial charge in [0.1, 0.15) is 5.69 Å². The first-order chi connectivity index (χ1) is 22.8. The molecule has 0 spiro atoms. The number of pyridine rings is 1. The van der Waals surface area contributed by atoms with Crippen LogP contribution in [-0.4, -0.2) is 58.2 Å². The summed E-state index contributed by atoms with van der Waals surface area (Å²) in [6.07, 6.45) is 2.23. The second-order valence-electron chi connectivity index (χ2n) is 12.1. The van der Waals surface area contributed by atoms with Crippen molar-refractivity contribution in [1.82, 2.24) is 10.3 Å². The number of carbonyl (C=O) groups excluding carboxylic acids is 4. The fourth-order valence-corrected chi connectivity index (χ4v) is 4.91. The fraction of sp³-hybridized carbons (Fsp3) is 0.324. The molecule has 1 aromatic heterocycles. The Kier molecular flexibility index (Phi) is 11.4. The van der Waals surface area contributed by atoms with Gasteiger partial charge >= 0.3 is 17.9 Å². The predicted molar refractivity (Wildman–Crippen MR) is 179 cm³/mol. The zero-order valence-corrected chi connectivity index (χ0v) is 27.4. The van der Waals surface area contributed by atoms with Crippen LogP contribution in [0.2, 0.25) is 0 Å². The molecule has 1 saturated carbocycles. The maximum atomic E-state index is 13.8. The minimum absolute atomic E-state index is 0.0184. The Balaban J connectivity index is 1.52. The maximum absolute atomic E-state index is 13.8. The van der Waals surface area contributed by atoms with Crippen LogP contribution in [0.4, 0.5) is 0 Å². The van der Waals surface area contributed by atoms with Crippen LogP contribution in [0.15, 0.2) is 55.1 Å². The molecule has 11 nitrogen and oxygen atoms in total. The summed E-state index contributed by atoms with van der Waals surface area (Å²) in [5, 5.41) is 21.2. The molecule has 1 amide bonds. The molecular formula is C37H39N3O8. The van der Waals surface area contributed by atoms with E-state index in [-0.39, 0.29) is 52.8 Å². The van der Waals surface area contributed by atoms with Crippen molar-refractivity contribution in [2.75, 3.05) is 6.54 Å². The molecule has 0 aliphatic heterocycles. The van der Waals surface area contributed by atoms with Gasteiger partial charge < -0.3 is 25.3 Å². The number of carbonyl (C=O) groups is 5. The first-order valence-corrected chi connectivity index (χ1v) is 15.7. The zero-order chi connectivity index (χ0) is 35.1. The van der Waals surface area contributed by atoms with Crippen molar-refractivity contribution < 1.29 is 38.6 Å². The molecule has 1 aliphatic rings. The molecule has 1 aliphatic carbocycles. The molecule has 1 heterocycles. The van der Waals surface area contributed by atoms with Gasteiger partial charge in [-0.3, -0.25) is 19.2 Å². The smallest absolute Gasteiger partial charge is 0.355 e. The summed E-state index contributed by atoms with van der Waals surface area (Å²) in [7, 11) is 0. The van der Waals surface area contributed by atoms with E-state index in [1.165, 1.54) is 19.1 Å². The maximum Gasteiger partial charge on any atom is 0.355 e. The third-order valence-corrected chi connectivity index (χ3v) is 7.83. The Morgan fingerprint density at radius 2 is 1.71 bits per heavy atom. The number of Topliss-reactive ketones (excluding diaryl/α,β-unsaturated/α-hetero) is 1. The Labute approximate surface area is 278 Å². The van der Waals surface area contributed by atoms with Gasteiger partial charge in [0.15, 0.2) is 11.5 Å². The number of esters is 2. The third-order valence-electron chi connectivity index (χ3n) is 7.83. The molecule has 1 atom stereocenters. The molecule has 3 N–H and O–H groups in total. The number of aryl methyl sites for hydroxylation is 1. The van der Waals surface area contributed by atoms with Gasteiger partial charge in [0, 0.05) is 36.7 Å². The molecule has 0 bridgehead atoms. The van der Waals surface area contributed by atoms with Gasteiger partial charge in [0.2, 0.25) is 6.29 Å². The lowest BCUT2D eigenvalue weighted by Gasteiger charge is -2.16. The van der Waals surface area contributed by atoms with E-state index in [1.807, 2.05) is 6.92 Å². The first kappa shape index (κ1) is 35.4. The molecule has 250 valence electrons. The Bertz CT molecular complexity index is 1770. The molecule has 0 radical (unpaired) electrons. The summed E-state index contributed by atoms with van der Waals surface area (Å²) in [5.41, 5.74) is 2.98. The van der Waals surface area contributed by atoms with E-state index >= 15 is 0 Å². The van der Waals surface area contributed by atoms with Crippen molar-refractivity contribution in [2.45, 2.75) is 59.7 Å². The molecule has 48 heavy (non-hydrogen) atoms. The number of benzene rings is 2. The van der Waals surface area contributed by atoms with Crippen molar-refractivity contribution in [1.29, 1.82) is 5.41 Å². The number of rotatable bonds is 15. The summed E-state index contributed by atoms with van der Waals surface area (Å²) >= 11 is 0. The Morgan fingerprint density at radius 1 is 1.02 bits per heavy atom. The van der Waals surface area contributed by atoms with Gasteiger partial charge in [-0.05, 0) is 71.7 Å². The number of aromatic nitrogens is 1. The molecule has 1 unspecified atom stereocenters. The van der Waals surface area contributed by atoms with E-state index in [0.29, 0.717) is 34.7 Å². The van der Waals surface area contributed by atoms with E-state index in [0.717, 1.165) is 18.4 Å². The Morgan fingerprint density at radius 3 is 2.31 bits per heavy atom. The van der Waals surface area contributed by atoms with Gasteiger partial charge in [-0.2, -0.15) is 0 Å². The summed E-state index contributed by atoms with van der Waals surface area (Å²) in [6, 6.07) is 12.9. The Hall–Kier alpha value is -5.45. The first-order valence-electron chi connectivity index (χ1n) is 15.7. The van der Waals surface area contributed by atoms with Crippen LogP contribution in [0.5, 0.6) is 0 Å². The number of carboxylic acids is 1. The van der Waals surface area contributed by atoms with E-state index in [1.54, 1.807) is 56.3 Å². The van der Waals surface area contributed by atoms with Crippen LogP contribution in [0.3, 0.4) is 0 Å². The SMILES string of the molecule is C=Cc1cc(C(=O)Cc2ccc(C(=N)CC(=O)OC(C)OC(=O)C(C)C)cc2)c(-c2ccc(C(=O)NCC3CC3)nc2C(=O)O)cc1C. The fourth-order valence-electron chi connectivity index (χ4n) is 4.91. The largest absolute Gasteiger partial charge is 0.476 e. The highest BCUT2D eigenvalue weighted by Crippen LogP contribution is 2.32. The normalized spacial score (nSPS) is 12.9. The summed E-state index contributed by atoms with van der Waals surface area (Å²) in [4.78, 5) is 66.9. The molecule has 0 saturated heterocycles. The lowest BCUT2D eigenvalue weighted by atomic mass is 9.89. The molecule has 1 fully saturated rings. The third kappa shape index (κ3) is 9.09. The summed E-state index contributed by atoms with van der Waals surface area (Å²) < 4.78 is 10.1. The molecule has 3 aromatic rings. The molecule has 11 heteroatoms. The van der Waals surface area contributed by atoms with E-state index in [9.17, 15) is 29.1 Å². The molecular weight excluding hydrogens is 614 g/mol. The lowest BCUT2D eigenvalue weighted by Crippen LogP contribution is -2.27. The number of ether oxygens (including phenoxy) is 2. The average Bonchev–Trinajstić information content (AvgIpc) is 3.88. The van der Waals surface area contributed by atoms with Crippen LogP contribution >= 0.6 is 0 Å². The number of carboxylic acid groups (broad SMARTS) is 1. The zero-order valence-electron chi connectivity index (χ0n) is 27.4. The van der Waals surface area contributed by atoms with Crippen LogP contribution in [0.1, 0.15) is 93.6 Å². The number of hydrogen-bond donors (Lipinski definition) is 3. The number of hydrogen-bond acceptors (Lipinski definition) is 9. The number of aromatic carboxylic acids is 1. The van der Waals surface area contributed by atoms with Gasteiger partial charge in [0.25, 0.3) is 5.91 Å². The topological polar surface area (TPSA) is 173 Å². The van der Waals surface area contributed by atoms with E-state index < -0.39 is 30.1 Å². The van der Waals surface area contributed by atoms with Crippen molar-refractivity contribution in [3.63, 3.8) is 0 Å². The van der Waals surface area contributed by atoms with Gasteiger partial charge in [-0.1, -0.05) is 56.8 Å². The standard InChI is InChI=1S/C37H39N3O8/c1-6-25-17-29(28(15-21(25)4)27-13-14-31(40-34(27)36(44)45)35(43)39-19-24-7-8-24)32(41)16-23-9-11-26(12-10-23)30(38)18-33(42)47-22(5)48-37(46)20(2)3/h6,9-15,17,20,22,24,38H,1,7-8,16,18-19H2,2-5H3,(H,39,43)(H,44,45). The minimum Gasteiger partial charge on any atom is -0.476 e. The minimum atomic E-state index is -1.33. The van der Waals surface area contributed by atoms with E-state index in [2.05, 4.69) is 16.9 Å². The van der Waals surface area contributed by atoms with E-state index in [4.69, 9.17) is 14.9 Å². The van der Waals surface area contributed by atoms with Gasteiger partial charge in [0.05, 0.1) is 12.3 Å². The van der Waals surface area contributed by atoms with Crippen LogP contribution < -0.4 is 5.32 Å². The highest BCUT2D eigenvalue weighted by molar-refractivity contribution is 6.08. The monoisotopic (exact) mass is 653 g/mol. The predicted octanol–water partition coefficient (Wildman–Crippen LogP) is 5.81. The highest BCUT2D eigenvalue weighted by Gasteiger charge is 2.25. The van der Waals surface area contributed by atoms with Crippen LogP contribution in [0, 0.1) is 24.2 Å². The van der Waals surface area contributed by atoms with Gasteiger partial charge in [-0.15, -0.1) is 0 Å². The lowest BCUT2D eigenvalue weighted by molar-refractivity contribution is -0.185. The van der Waals surface area contributed by atoms with Crippen LogP contribution in [-0.2, 0) is 25.5 Å². The van der Waals surface area contributed by atoms with Gasteiger partial charge in [-0.25, -0.2) is 9.78 Å². The van der Waals surface area contributed by atoms with Crippen LogP contribution in [0.25, 0.3) is 17.2 Å². The van der Waals surface area contributed by atoms with Crippen molar-refractivity contribution >= 4 is 41.4 Å². The second kappa shape index (κ2) is 15.4.